The first-order valence-electron chi connectivity index (χ1n) is 6.96. The SMILES string of the molecule is COCCN=C(N)Nc1c(S)cccc1-c1cc(F)cc(F)c1F.[HH].[HH]. The molecule has 2 rings (SSSR count). The number of ether oxygens (including phenoxy) is 1. The van der Waals surface area contributed by atoms with Gasteiger partial charge in [-0.25, -0.2) is 13.2 Å². The van der Waals surface area contributed by atoms with E-state index in [2.05, 4.69) is 22.9 Å². The lowest BCUT2D eigenvalue weighted by Gasteiger charge is -2.15. The number of rotatable bonds is 5. The number of benzene rings is 2. The number of hydrogen-bond donors (Lipinski definition) is 3. The van der Waals surface area contributed by atoms with Gasteiger partial charge in [-0.15, -0.1) is 12.6 Å². The number of methoxy groups -OCH3 is 1. The van der Waals surface area contributed by atoms with Crippen LogP contribution in [0.2, 0.25) is 0 Å². The molecule has 0 radical (unpaired) electrons. The maximum absolute atomic E-state index is 14.1. The van der Waals surface area contributed by atoms with Crippen LogP contribution in [0.3, 0.4) is 0 Å². The largest absolute Gasteiger partial charge is 0.383 e. The Bertz CT molecular complexity index is 779. The van der Waals surface area contributed by atoms with Gasteiger partial charge in [-0.2, -0.15) is 0 Å². The van der Waals surface area contributed by atoms with Crippen LogP contribution in [0.25, 0.3) is 11.1 Å². The fourth-order valence-corrected chi connectivity index (χ4v) is 2.34. The molecule has 3 N–H and O–H groups in total. The topological polar surface area (TPSA) is 59.6 Å². The van der Waals surface area contributed by atoms with E-state index in [0.717, 1.165) is 6.07 Å². The molecule has 4 nitrogen and oxygen atoms in total. The van der Waals surface area contributed by atoms with Crippen molar-refractivity contribution in [3.8, 4) is 11.1 Å². The number of nitrogens with one attached hydrogen (secondary N) is 1. The number of nitrogens with zero attached hydrogens (tertiary/aromatic N) is 1. The zero-order valence-corrected chi connectivity index (χ0v) is 13.7. The van der Waals surface area contributed by atoms with E-state index in [0.29, 0.717) is 29.8 Å². The average Bonchev–Trinajstić information content (AvgIpc) is 2.53. The molecular weight excluding hydrogens is 339 g/mol. The summed E-state index contributed by atoms with van der Waals surface area (Å²) in [6.45, 7) is 0.698. The summed E-state index contributed by atoms with van der Waals surface area (Å²) in [5.41, 5.74) is 6.03. The second-order valence-corrected chi connectivity index (χ2v) is 5.32. The molecule has 2 aromatic rings. The summed E-state index contributed by atoms with van der Waals surface area (Å²) >= 11 is 4.28. The highest BCUT2D eigenvalue weighted by Crippen LogP contribution is 2.35. The Morgan fingerprint density at radius 3 is 2.75 bits per heavy atom. The Hall–Kier alpha value is -2.19. The Morgan fingerprint density at radius 2 is 2.04 bits per heavy atom. The predicted octanol–water partition coefficient (Wildman–Crippen LogP) is 3.92. The maximum Gasteiger partial charge on any atom is 0.193 e. The fraction of sp³-hybridized carbons (Fsp3) is 0.188. The van der Waals surface area contributed by atoms with Crippen molar-refractivity contribution in [3.63, 3.8) is 0 Å². The van der Waals surface area contributed by atoms with Gasteiger partial charge in [0.05, 0.1) is 18.8 Å². The Morgan fingerprint density at radius 1 is 1.29 bits per heavy atom. The second kappa shape index (κ2) is 8.07. The summed E-state index contributed by atoms with van der Waals surface area (Å²) in [6.07, 6.45) is 0. The van der Waals surface area contributed by atoms with Gasteiger partial charge in [0.1, 0.15) is 5.82 Å². The van der Waals surface area contributed by atoms with Crippen molar-refractivity contribution < 1.29 is 20.8 Å². The van der Waals surface area contributed by atoms with Gasteiger partial charge in [-0.05, 0) is 12.1 Å². The van der Waals surface area contributed by atoms with E-state index in [1.54, 1.807) is 12.1 Å². The molecule has 8 heteroatoms. The molecule has 0 amide bonds. The van der Waals surface area contributed by atoms with Crippen molar-refractivity contribution in [1.82, 2.24) is 0 Å². The van der Waals surface area contributed by atoms with Crippen LogP contribution in [0.4, 0.5) is 18.9 Å². The molecule has 2 aromatic carbocycles. The molecular formula is C16H20F3N3OS. The Balaban J connectivity index is 0.00000312. The van der Waals surface area contributed by atoms with Crippen LogP contribution in [0.1, 0.15) is 2.85 Å². The lowest BCUT2D eigenvalue weighted by molar-refractivity contribution is 0.208. The third kappa shape index (κ3) is 4.21. The molecule has 0 atom stereocenters. The summed E-state index contributed by atoms with van der Waals surface area (Å²) in [7, 11) is 1.53. The van der Waals surface area contributed by atoms with E-state index in [-0.39, 0.29) is 19.9 Å². The van der Waals surface area contributed by atoms with Crippen molar-refractivity contribution in [3.05, 3.63) is 47.8 Å². The highest BCUT2D eigenvalue weighted by molar-refractivity contribution is 7.80. The van der Waals surface area contributed by atoms with Gasteiger partial charge < -0.3 is 15.8 Å². The van der Waals surface area contributed by atoms with Crippen LogP contribution in [0.15, 0.2) is 40.2 Å². The number of halogens is 3. The number of aliphatic imine (C=N–C) groups is 1. The summed E-state index contributed by atoms with van der Waals surface area (Å²) in [6, 6.07) is 6.11. The minimum absolute atomic E-state index is 0. The van der Waals surface area contributed by atoms with Gasteiger partial charge in [0, 0.05) is 32.1 Å². The summed E-state index contributed by atoms with van der Waals surface area (Å²) < 4.78 is 46.0. The molecule has 0 unspecified atom stereocenters. The lowest BCUT2D eigenvalue weighted by atomic mass is 10.0. The van der Waals surface area contributed by atoms with Gasteiger partial charge in [0.25, 0.3) is 0 Å². The molecule has 0 aromatic heterocycles. The molecule has 0 aliphatic carbocycles. The van der Waals surface area contributed by atoms with Crippen LogP contribution < -0.4 is 11.1 Å². The van der Waals surface area contributed by atoms with E-state index >= 15 is 0 Å². The second-order valence-electron chi connectivity index (χ2n) is 4.83. The molecule has 0 heterocycles. The Kier molecular flexibility index (Phi) is 6.10. The van der Waals surface area contributed by atoms with E-state index in [9.17, 15) is 13.2 Å². The maximum atomic E-state index is 14.1. The smallest absolute Gasteiger partial charge is 0.193 e. The normalized spacial score (nSPS) is 11.6. The average molecular weight is 359 g/mol. The van der Waals surface area contributed by atoms with Crippen molar-refractivity contribution in [2.75, 3.05) is 25.6 Å². The standard InChI is InChI=1S/C16H16F3N3OS.2H2/c1-23-6-5-21-16(20)22-15-10(3-2-4-13(15)24)11-7-9(17)8-12(18)14(11)19;;/h2-4,7-8,24H,5-6H2,1H3,(H3,20,21,22);2*1H. The highest BCUT2D eigenvalue weighted by Gasteiger charge is 2.17. The number of anilines is 1. The van der Waals surface area contributed by atoms with Gasteiger partial charge >= 0.3 is 0 Å². The Labute approximate surface area is 145 Å². The minimum atomic E-state index is -1.28. The summed E-state index contributed by atoms with van der Waals surface area (Å²) in [5, 5.41) is 2.79. The van der Waals surface area contributed by atoms with E-state index in [4.69, 9.17) is 10.5 Å². The fourth-order valence-electron chi connectivity index (χ4n) is 2.07. The van der Waals surface area contributed by atoms with Gasteiger partial charge in [0.2, 0.25) is 0 Å². The molecule has 0 saturated heterocycles. The summed E-state index contributed by atoms with van der Waals surface area (Å²) in [5.74, 6) is -3.27. The third-order valence-corrected chi connectivity index (χ3v) is 3.53. The molecule has 132 valence electrons. The number of thiol groups is 1. The molecule has 0 fully saturated rings. The number of para-hydroxylation sites is 1. The molecule has 0 aliphatic rings. The molecule has 0 saturated carbocycles. The first-order valence-corrected chi connectivity index (χ1v) is 7.41. The minimum Gasteiger partial charge on any atom is -0.383 e. The first-order chi connectivity index (χ1) is 11.4. The monoisotopic (exact) mass is 359 g/mol. The molecule has 0 bridgehead atoms. The number of hydrogen-bond acceptors (Lipinski definition) is 3. The number of nitrogens with two attached hydrogens (primary N) is 1. The van der Waals surface area contributed by atoms with Crippen LogP contribution in [0.5, 0.6) is 0 Å². The van der Waals surface area contributed by atoms with Crippen molar-refractivity contribution in [2.24, 2.45) is 10.7 Å². The van der Waals surface area contributed by atoms with Crippen LogP contribution in [-0.2, 0) is 4.74 Å². The van der Waals surface area contributed by atoms with Crippen molar-refractivity contribution >= 4 is 24.3 Å². The van der Waals surface area contributed by atoms with E-state index in [1.165, 1.54) is 13.2 Å². The molecule has 24 heavy (non-hydrogen) atoms. The van der Waals surface area contributed by atoms with E-state index < -0.39 is 17.5 Å². The third-order valence-electron chi connectivity index (χ3n) is 3.16. The van der Waals surface area contributed by atoms with Crippen molar-refractivity contribution in [2.45, 2.75) is 4.90 Å². The zero-order valence-electron chi connectivity index (χ0n) is 12.8. The van der Waals surface area contributed by atoms with Crippen molar-refractivity contribution in [1.29, 1.82) is 0 Å². The molecule has 0 spiro atoms. The van der Waals surface area contributed by atoms with Crippen LogP contribution in [0, 0.1) is 17.5 Å². The predicted molar refractivity (Wildman–Crippen MR) is 95.2 cm³/mol. The number of guanidine groups is 1. The van der Waals surface area contributed by atoms with Gasteiger partial charge in [-0.3, -0.25) is 4.99 Å². The first kappa shape index (κ1) is 18.2. The van der Waals surface area contributed by atoms with Gasteiger partial charge in [0.15, 0.2) is 17.6 Å². The quantitative estimate of drug-likeness (QED) is 0.249. The molecule has 0 aliphatic heterocycles. The lowest BCUT2D eigenvalue weighted by Crippen LogP contribution is -2.24. The highest BCUT2D eigenvalue weighted by atomic mass is 32.1. The van der Waals surface area contributed by atoms with Crippen LogP contribution >= 0.6 is 12.6 Å². The summed E-state index contributed by atoms with van der Waals surface area (Å²) in [4.78, 5) is 4.44. The zero-order chi connectivity index (χ0) is 17.7. The van der Waals surface area contributed by atoms with Crippen LogP contribution in [-0.4, -0.2) is 26.2 Å². The van der Waals surface area contributed by atoms with E-state index in [1.807, 2.05) is 0 Å². The van der Waals surface area contributed by atoms with Gasteiger partial charge in [-0.1, -0.05) is 12.1 Å².